The zero-order chi connectivity index (χ0) is 11.0. The van der Waals surface area contributed by atoms with Crippen LogP contribution in [0.4, 0.5) is 23.0 Å². The first-order valence-corrected chi connectivity index (χ1v) is 3.46. The molecule has 0 unspecified atom stereocenters. The van der Waals surface area contributed by atoms with Crippen molar-refractivity contribution in [3.05, 3.63) is 35.4 Å². The molecule has 0 radical (unpaired) electrons. The Kier molecular flexibility index (Phi) is 5.06. The molecule has 0 aliphatic carbocycles. The topological polar surface area (TPSA) is 40.2 Å². The molecule has 1 rings (SSSR count). The van der Waals surface area contributed by atoms with Crippen LogP contribution in [-0.4, -0.2) is 7.25 Å². The van der Waals surface area contributed by atoms with E-state index in [4.69, 9.17) is 5.39 Å². The van der Waals surface area contributed by atoms with E-state index in [-0.39, 0.29) is 0 Å². The first-order valence-electron chi connectivity index (χ1n) is 3.46. The second kappa shape index (κ2) is 5.80. The van der Waals surface area contributed by atoms with Gasteiger partial charge in [0.15, 0.2) is 0 Å². The summed E-state index contributed by atoms with van der Waals surface area (Å²) in [6.07, 6.45) is 0. The normalized spacial score (nSPS) is 9.36. The van der Waals surface area contributed by atoms with Crippen molar-refractivity contribution < 1.29 is 17.3 Å². The zero-order valence-corrected chi connectivity index (χ0v) is 6.87. The molecule has 0 amide bonds. The second-order valence-electron chi connectivity index (χ2n) is 2.07. The summed E-state index contributed by atoms with van der Waals surface area (Å²) in [5, 5.41) is 10.8. The van der Waals surface area contributed by atoms with E-state index in [0.29, 0.717) is 0 Å². The molecule has 0 fully saturated rings. The van der Waals surface area contributed by atoms with Gasteiger partial charge < -0.3 is 17.3 Å². The molecule has 0 atom stereocenters. The van der Waals surface area contributed by atoms with Crippen LogP contribution in [0.25, 0.3) is 5.08 Å². The molecule has 76 valence electrons. The van der Waals surface area contributed by atoms with Crippen LogP contribution in [-0.2, 0) is 0 Å². The van der Waals surface area contributed by atoms with Crippen LogP contribution in [0, 0.1) is 5.39 Å². The SMILES string of the molecule is F[B-](F)(F)F.N#[N+]Nc1ccccc1. The van der Waals surface area contributed by atoms with E-state index < -0.39 is 7.25 Å². The average molecular weight is 207 g/mol. The third-order valence-corrected chi connectivity index (χ3v) is 0.953. The number of rotatable bonds is 1. The Morgan fingerprint density at radius 3 is 1.86 bits per heavy atom. The summed E-state index contributed by atoms with van der Waals surface area (Å²) in [6.45, 7) is 0. The third-order valence-electron chi connectivity index (χ3n) is 0.953. The first kappa shape index (κ1) is 12.2. The summed E-state index contributed by atoms with van der Waals surface area (Å²) in [5.74, 6) is 0. The maximum Gasteiger partial charge on any atom is 0.673 e. The fourth-order valence-electron chi connectivity index (χ4n) is 0.570. The van der Waals surface area contributed by atoms with E-state index in [1.54, 1.807) is 12.1 Å². The minimum atomic E-state index is -6.00. The van der Waals surface area contributed by atoms with Crippen LogP contribution in [0.3, 0.4) is 0 Å². The molecule has 14 heavy (non-hydrogen) atoms. The van der Waals surface area contributed by atoms with Crippen LogP contribution in [0.15, 0.2) is 30.3 Å². The molecule has 0 saturated carbocycles. The maximum absolute atomic E-state index is 9.75. The molecule has 0 aliphatic heterocycles. The Labute approximate surface area is 77.4 Å². The van der Waals surface area contributed by atoms with E-state index in [9.17, 15) is 17.3 Å². The fraction of sp³-hybridized carbons (Fsp3) is 0. The highest BCUT2D eigenvalue weighted by atomic mass is 19.5. The van der Waals surface area contributed by atoms with Gasteiger partial charge in [-0.1, -0.05) is 18.2 Å². The highest BCUT2D eigenvalue weighted by Gasteiger charge is 2.20. The van der Waals surface area contributed by atoms with Crippen molar-refractivity contribution in [1.29, 1.82) is 5.39 Å². The Morgan fingerprint density at radius 2 is 1.50 bits per heavy atom. The van der Waals surface area contributed by atoms with Crippen LogP contribution in [0.2, 0.25) is 0 Å². The fourth-order valence-corrected chi connectivity index (χ4v) is 0.570. The number of anilines is 1. The number of diazo groups is 1. The van der Waals surface area contributed by atoms with Crippen LogP contribution in [0.1, 0.15) is 0 Å². The molecule has 8 heteroatoms. The number of halogens is 4. The lowest BCUT2D eigenvalue weighted by molar-refractivity contribution is 0.368. The summed E-state index contributed by atoms with van der Waals surface area (Å²) >= 11 is 0. The smallest absolute Gasteiger partial charge is 0.418 e. The van der Waals surface area contributed by atoms with Gasteiger partial charge >= 0.3 is 12.3 Å². The number of benzene rings is 1. The molecule has 1 N–H and O–H groups in total. The van der Waals surface area contributed by atoms with Crippen molar-refractivity contribution in [2.75, 3.05) is 5.43 Å². The molecule has 0 saturated heterocycles. The van der Waals surface area contributed by atoms with E-state index in [0.717, 1.165) is 5.69 Å². The first-order chi connectivity index (χ1) is 6.43. The standard InChI is InChI=1S/C6H6N3.BF4/c7-9-8-6-4-2-1-3-5-6;2-1(3,4)5/h1-5,8H;/q+1;-1. The number of para-hydroxylation sites is 1. The molecule has 3 nitrogen and oxygen atoms in total. The summed E-state index contributed by atoms with van der Waals surface area (Å²) in [5.41, 5.74) is 3.17. The summed E-state index contributed by atoms with van der Waals surface area (Å²) in [4.78, 5) is 0. The quantitative estimate of drug-likeness (QED) is 0.332. The van der Waals surface area contributed by atoms with Crippen LogP contribution < -0.4 is 5.43 Å². The van der Waals surface area contributed by atoms with Gasteiger partial charge in [0.05, 0.1) is 0 Å². The summed E-state index contributed by atoms with van der Waals surface area (Å²) in [6, 6.07) is 9.21. The molecular formula is C6H6BF4N3. The Morgan fingerprint density at radius 1 is 1.07 bits per heavy atom. The molecule has 0 bridgehead atoms. The van der Waals surface area contributed by atoms with Gasteiger partial charge in [0.25, 0.3) is 5.39 Å². The largest absolute Gasteiger partial charge is 0.673 e. The van der Waals surface area contributed by atoms with Crippen molar-refractivity contribution >= 4 is 12.9 Å². The lowest BCUT2D eigenvalue weighted by atomic mass is 10.3. The molecule has 0 aliphatic rings. The molecule has 1 aromatic rings. The lowest BCUT2D eigenvalue weighted by Crippen LogP contribution is -2.02. The summed E-state index contributed by atoms with van der Waals surface area (Å²) < 4.78 is 39.0. The van der Waals surface area contributed by atoms with Gasteiger partial charge in [0.1, 0.15) is 5.69 Å². The number of hydrogen-bond acceptors (Lipinski definition) is 2. The Bertz CT molecular complexity index is 288. The van der Waals surface area contributed by atoms with Crippen molar-refractivity contribution in [1.82, 2.24) is 0 Å². The number of nitrogens with one attached hydrogen (secondary N) is 1. The average Bonchev–Trinajstić information content (AvgIpc) is 2.03. The van der Waals surface area contributed by atoms with Gasteiger partial charge in [-0.15, -0.1) is 0 Å². The van der Waals surface area contributed by atoms with E-state index in [1.165, 1.54) is 0 Å². The van der Waals surface area contributed by atoms with Crippen molar-refractivity contribution in [2.45, 2.75) is 0 Å². The molecule has 0 spiro atoms. The van der Waals surface area contributed by atoms with Gasteiger partial charge in [0.2, 0.25) is 0 Å². The number of nitrogens with zero attached hydrogens (tertiary/aromatic N) is 2. The highest BCUT2D eigenvalue weighted by Crippen LogP contribution is 2.06. The van der Waals surface area contributed by atoms with E-state index in [2.05, 4.69) is 10.5 Å². The van der Waals surface area contributed by atoms with E-state index >= 15 is 0 Å². The maximum atomic E-state index is 9.75. The Balaban J connectivity index is 0.000000292. The minimum Gasteiger partial charge on any atom is -0.418 e. The van der Waals surface area contributed by atoms with Gasteiger partial charge in [0, 0.05) is 0 Å². The molecule has 1 aromatic carbocycles. The highest BCUT2D eigenvalue weighted by molar-refractivity contribution is 6.50. The predicted octanol–water partition coefficient (Wildman–Crippen LogP) is 3.17. The minimum absolute atomic E-state index is 0.778. The van der Waals surface area contributed by atoms with Crippen molar-refractivity contribution in [3.8, 4) is 0 Å². The predicted molar refractivity (Wildman–Crippen MR) is 45.3 cm³/mol. The van der Waals surface area contributed by atoms with Gasteiger partial charge in [-0.05, 0) is 17.6 Å². The van der Waals surface area contributed by atoms with Gasteiger partial charge in [-0.25, -0.2) is 0 Å². The Hall–Kier alpha value is -1.78. The van der Waals surface area contributed by atoms with Crippen LogP contribution >= 0.6 is 0 Å². The number of hydrogen-bond donors (Lipinski definition) is 1. The lowest BCUT2D eigenvalue weighted by Gasteiger charge is -1.94. The second-order valence-corrected chi connectivity index (χ2v) is 2.07. The molecule has 0 heterocycles. The van der Waals surface area contributed by atoms with Crippen molar-refractivity contribution in [3.63, 3.8) is 0 Å². The monoisotopic (exact) mass is 207 g/mol. The van der Waals surface area contributed by atoms with Gasteiger partial charge in [-0.3, -0.25) is 0 Å². The van der Waals surface area contributed by atoms with Crippen molar-refractivity contribution in [2.24, 2.45) is 0 Å². The van der Waals surface area contributed by atoms with E-state index in [1.807, 2.05) is 18.2 Å². The summed E-state index contributed by atoms with van der Waals surface area (Å²) in [7, 11) is -6.00. The van der Waals surface area contributed by atoms with Gasteiger partial charge in [-0.2, -0.15) is 0 Å². The third kappa shape index (κ3) is 10.2. The molecule has 0 aromatic heterocycles. The van der Waals surface area contributed by atoms with Crippen LogP contribution in [0.5, 0.6) is 0 Å². The molecular weight excluding hydrogens is 201 g/mol. The zero-order valence-electron chi connectivity index (χ0n) is 6.87.